The average Bonchev–Trinajstić information content (AvgIpc) is 3.17. The second kappa shape index (κ2) is 7.84. The normalized spacial score (nSPS) is 10.6. The minimum Gasteiger partial charge on any atom is -0.497 e. The predicted molar refractivity (Wildman–Crippen MR) is 108 cm³/mol. The summed E-state index contributed by atoms with van der Waals surface area (Å²) in [6.45, 7) is -0.0785. The fourth-order valence-electron chi connectivity index (χ4n) is 2.85. The van der Waals surface area contributed by atoms with Crippen molar-refractivity contribution < 1.29 is 14.3 Å². The van der Waals surface area contributed by atoms with Gasteiger partial charge >= 0.3 is 0 Å². The van der Waals surface area contributed by atoms with Gasteiger partial charge in [0.2, 0.25) is 0 Å². The summed E-state index contributed by atoms with van der Waals surface area (Å²) >= 11 is 0. The molecule has 28 heavy (non-hydrogen) atoms. The number of pyridine rings is 1. The molecule has 0 atom stereocenters. The van der Waals surface area contributed by atoms with E-state index < -0.39 is 0 Å². The van der Waals surface area contributed by atoms with Crippen LogP contribution in [0.15, 0.2) is 79.1 Å². The quantitative estimate of drug-likeness (QED) is 0.554. The predicted octanol–water partition coefficient (Wildman–Crippen LogP) is 4.03. The van der Waals surface area contributed by atoms with Gasteiger partial charge in [-0.15, -0.1) is 0 Å². The van der Waals surface area contributed by atoms with Crippen LogP contribution in [-0.4, -0.2) is 29.0 Å². The van der Waals surface area contributed by atoms with Gasteiger partial charge in [-0.2, -0.15) is 0 Å². The van der Waals surface area contributed by atoms with E-state index in [4.69, 9.17) is 9.47 Å². The molecule has 0 aliphatic carbocycles. The lowest BCUT2D eigenvalue weighted by atomic mass is 10.1. The number of benzene rings is 2. The molecule has 0 radical (unpaired) electrons. The second-order valence-electron chi connectivity index (χ2n) is 6.19. The number of fused-ring (bicyclic) bond motifs is 1. The SMILES string of the molecule is COc1ccc(OCC(=O)Nc2cccc(-c3cn4ccccc4n3)c2)cc1. The lowest BCUT2D eigenvalue weighted by Crippen LogP contribution is -2.20. The number of methoxy groups -OCH3 is 1. The fourth-order valence-corrected chi connectivity index (χ4v) is 2.85. The van der Waals surface area contributed by atoms with Gasteiger partial charge in [-0.05, 0) is 48.5 Å². The maximum absolute atomic E-state index is 12.2. The number of nitrogens with zero attached hydrogens (tertiary/aromatic N) is 2. The summed E-state index contributed by atoms with van der Waals surface area (Å²) in [5.41, 5.74) is 3.34. The van der Waals surface area contributed by atoms with Gasteiger partial charge < -0.3 is 19.2 Å². The van der Waals surface area contributed by atoms with Crippen LogP contribution in [0.25, 0.3) is 16.9 Å². The van der Waals surface area contributed by atoms with Crippen molar-refractivity contribution in [2.75, 3.05) is 19.0 Å². The highest BCUT2D eigenvalue weighted by Crippen LogP contribution is 2.22. The minimum atomic E-state index is -0.233. The Bertz CT molecular complexity index is 1070. The topological polar surface area (TPSA) is 64.9 Å². The van der Waals surface area contributed by atoms with Crippen LogP contribution in [0, 0.1) is 0 Å². The lowest BCUT2D eigenvalue weighted by Gasteiger charge is -2.09. The largest absolute Gasteiger partial charge is 0.497 e. The van der Waals surface area contributed by atoms with Crippen LogP contribution in [0.2, 0.25) is 0 Å². The number of ether oxygens (including phenoxy) is 2. The molecule has 6 nitrogen and oxygen atoms in total. The molecule has 0 aliphatic rings. The maximum atomic E-state index is 12.2. The van der Waals surface area contributed by atoms with Crippen molar-refractivity contribution in [1.82, 2.24) is 9.38 Å². The average molecular weight is 373 g/mol. The van der Waals surface area contributed by atoms with Crippen molar-refractivity contribution in [3.63, 3.8) is 0 Å². The zero-order chi connectivity index (χ0) is 19.3. The Kier molecular flexibility index (Phi) is 4.93. The molecule has 4 rings (SSSR count). The molecule has 4 aromatic rings. The van der Waals surface area contributed by atoms with Crippen molar-refractivity contribution in [3.05, 3.63) is 79.1 Å². The van der Waals surface area contributed by atoms with E-state index in [0.717, 1.165) is 22.7 Å². The Morgan fingerprint density at radius 3 is 2.64 bits per heavy atom. The molecular formula is C22H19N3O3. The van der Waals surface area contributed by atoms with E-state index in [9.17, 15) is 4.79 Å². The van der Waals surface area contributed by atoms with E-state index in [2.05, 4.69) is 10.3 Å². The number of carbonyl (C=O) groups excluding carboxylic acids is 1. The van der Waals surface area contributed by atoms with Crippen LogP contribution in [0.4, 0.5) is 5.69 Å². The molecule has 0 unspecified atom stereocenters. The molecule has 0 aliphatic heterocycles. The number of nitrogens with one attached hydrogen (secondary N) is 1. The number of imidazole rings is 1. The Hall–Kier alpha value is -3.80. The third-order valence-electron chi connectivity index (χ3n) is 4.24. The summed E-state index contributed by atoms with van der Waals surface area (Å²) in [5, 5.41) is 2.86. The molecule has 1 N–H and O–H groups in total. The summed E-state index contributed by atoms with van der Waals surface area (Å²) in [6.07, 6.45) is 3.91. The first-order chi connectivity index (χ1) is 13.7. The number of amides is 1. The number of rotatable bonds is 6. The van der Waals surface area contributed by atoms with E-state index in [-0.39, 0.29) is 12.5 Å². The van der Waals surface area contributed by atoms with Gasteiger partial charge in [0.25, 0.3) is 5.91 Å². The van der Waals surface area contributed by atoms with Crippen LogP contribution < -0.4 is 14.8 Å². The Labute approximate surface area is 162 Å². The zero-order valence-corrected chi connectivity index (χ0v) is 15.3. The standard InChI is InChI=1S/C22H19N3O3/c1-27-18-8-10-19(11-9-18)28-15-22(26)23-17-6-4-5-16(13-17)20-14-25-12-3-2-7-21(25)24-20/h2-14H,15H2,1H3,(H,23,26). The van der Waals surface area contributed by atoms with Crippen LogP contribution in [0.5, 0.6) is 11.5 Å². The molecule has 2 aromatic carbocycles. The summed E-state index contributed by atoms with van der Waals surface area (Å²) in [5.74, 6) is 1.11. The highest BCUT2D eigenvalue weighted by molar-refractivity contribution is 5.92. The molecule has 2 heterocycles. The molecule has 0 fully saturated rings. The van der Waals surface area contributed by atoms with Gasteiger partial charge in [0.05, 0.1) is 12.8 Å². The van der Waals surface area contributed by atoms with Crippen LogP contribution >= 0.6 is 0 Å². The Morgan fingerprint density at radius 1 is 1.04 bits per heavy atom. The summed E-state index contributed by atoms with van der Waals surface area (Å²) in [7, 11) is 1.60. The van der Waals surface area contributed by atoms with Gasteiger partial charge in [0.15, 0.2) is 6.61 Å². The van der Waals surface area contributed by atoms with Crippen molar-refractivity contribution >= 4 is 17.2 Å². The lowest BCUT2D eigenvalue weighted by molar-refractivity contribution is -0.118. The van der Waals surface area contributed by atoms with E-state index >= 15 is 0 Å². The summed E-state index contributed by atoms with van der Waals surface area (Å²) < 4.78 is 12.6. The van der Waals surface area contributed by atoms with Crippen molar-refractivity contribution in [2.24, 2.45) is 0 Å². The van der Waals surface area contributed by atoms with Crippen molar-refractivity contribution in [3.8, 4) is 22.8 Å². The number of aromatic nitrogens is 2. The molecule has 2 aromatic heterocycles. The maximum Gasteiger partial charge on any atom is 0.262 e. The van der Waals surface area contributed by atoms with Gasteiger partial charge in [-0.1, -0.05) is 18.2 Å². The molecule has 6 heteroatoms. The third-order valence-corrected chi connectivity index (χ3v) is 4.24. The van der Waals surface area contributed by atoms with Gasteiger partial charge in [0.1, 0.15) is 17.1 Å². The molecule has 0 saturated carbocycles. The minimum absolute atomic E-state index is 0.0785. The van der Waals surface area contributed by atoms with Crippen molar-refractivity contribution in [1.29, 1.82) is 0 Å². The van der Waals surface area contributed by atoms with E-state index in [1.165, 1.54) is 0 Å². The first-order valence-electron chi connectivity index (χ1n) is 8.82. The van der Waals surface area contributed by atoms with E-state index in [1.807, 2.05) is 59.3 Å². The number of anilines is 1. The monoisotopic (exact) mass is 373 g/mol. The fraction of sp³-hybridized carbons (Fsp3) is 0.0909. The Morgan fingerprint density at radius 2 is 1.86 bits per heavy atom. The van der Waals surface area contributed by atoms with Gasteiger partial charge in [-0.3, -0.25) is 4.79 Å². The first kappa shape index (κ1) is 17.6. The van der Waals surface area contributed by atoms with Crippen molar-refractivity contribution in [2.45, 2.75) is 0 Å². The van der Waals surface area contributed by atoms with Crippen LogP contribution in [0.1, 0.15) is 0 Å². The second-order valence-corrected chi connectivity index (χ2v) is 6.19. The number of hydrogen-bond acceptors (Lipinski definition) is 4. The molecular weight excluding hydrogens is 354 g/mol. The summed E-state index contributed by atoms with van der Waals surface area (Å²) in [6, 6.07) is 20.5. The van der Waals surface area contributed by atoms with E-state index in [0.29, 0.717) is 11.4 Å². The number of carbonyl (C=O) groups is 1. The molecule has 0 spiro atoms. The van der Waals surface area contributed by atoms with Gasteiger partial charge in [0, 0.05) is 23.6 Å². The van der Waals surface area contributed by atoms with Crippen LogP contribution in [0.3, 0.4) is 0 Å². The number of hydrogen-bond donors (Lipinski definition) is 1. The van der Waals surface area contributed by atoms with E-state index in [1.54, 1.807) is 31.4 Å². The van der Waals surface area contributed by atoms with Crippen LogP contribution in [-0.2, 0) is 4.79 Å². The highest BCUT2D eigenvalue weighted by atomic mass is 16.5. The smallest absolute Gasteiger partial charge is 0.262 e. The molecule has 0 saturated heterocycles. The third kappa shape index (κ3) is 3.96. The highest BCUT2D eigenvalue weighted by Gasteiger charge is 2.08. The molecule has 140 valence electrons. The zero-order valence-electron chi connectivity index (χ0n) is 15.3. The van der Waals surface area contributed by atoms with Gasteiger partial charge in [-0.25, -0.2) is 4.98 Å². The first-order valence-corrected chi connectivity index (χ1v) is 8.82. The molecule has 1 amide bonds. The Balaban J connectivity index is 1.41. The molecule has 0 bridgehead atoms. The summed E-state index contributed by atoms with van der Waals surface area (Å²) in [4.78, 5) is 16.8.